The summed E-state index contributed by atoms with van der Waals surface area (Å²) in [6.45, 7) is 4.24. The zero-order valence-corrected chi connectivity index (χ0v) is 11.7. The highest BCUT2D eigenvalue weighted by atomic mass is 16.5. The van der Waals surface area contributed by atoms with E-state index >= 15 is 0 Å². The first-order valence-electron chi connectivity index (χ1n) is 6.87. The number of ether oxygens (including phenoxy) is 1. The van der Waals surface area contributed by atoms with Crippen molar-refractivity contribution in [3.05, 3.63) is 23.0 Å². The summed E-state index contributed by atoms with van der Waals surface area (Å²) in [5.74, 6) is 0.113. The SMILES string of the molecule is Cc1cc(C(=O)COC2CCCCC2)c(C)n1C. The molecule has 0 saturated heterocycles. The summed E-state index contributed by atoms with van der Waals surface area (Å²) in [7, 11) is 1.99. The zero-order chi connectivity index (χ0) is 13.1. The van der Waals surface area contributed by atoms with Gasteiger partial charge in [-0.3, -0.25) is 4.79 Å². The summed E-state index contributed by atoms with van der Waals surface area (Å²) in [5, 5.41) is 0. The van der Waals surface area contributed by atoms with Crippen LogP contribution in [0.3, 0.4) is 0 Å². The van der Waals surface area contributed by atoms with Crippen LogP contribution in [-0.2, 0) is 11.8 Å². The number of carbonyl (C=O) groups excluding carboxylic acids is 1. The summed E-state index contributed by atoms with van der Waals surface area (Å²) >= 11 is 0. The van der Waals surface area contributed by atoms with Crippen LogP contribution >= 0.6 is 0 Å². The molecular formula is C15H23NO2. The Kier molecular flexibility index (Phi) is 4.23. The average Bonchev–Trinajstić information content (AvgIpc) is 2.65. The Morgan fingerprint density at radius 3 is 2.56 bits per heavy atom. The summed E-state index contributed by atoms with van der Waals surface area (Å²) in [5.41, 5.74) is 2.96. The Balaban J connectivity index is 1.93. The highest BCUT2D eigenvalue weighted by Crippen LogP contribution is 2.21. The molecule has 1 fully saturated rings. The van der Waals surface area contributed by atoms with E-state index in [4.69, 9.17) is 4.74 Å². The van der Waals surface area contributed by atoms with E-state index in [1.54, 1.807) is 0 Å². The Bertz CT molecular complexity index is 428. The minimum absolute atomic E-state index is 0.113. The molecule has 1 aromatic rings. The van der Waals surface area contributed by atoms with Gasteiger partial charge in [-0.05, 0) is 32.8 Å². The Hall–Kier alpha value is -1.09. The Morgan fingerprint density at radius 1 is 1.33 bits per heavy atom. The van der Waals surface area contributed by atoms with E-state index in [1.165, 1.54) is 19.3 Å². The van der Waals surface area contributed by atoms with E-state index in [9.17, 15) is 4.79 Å². The van der Waals surface area contributed by atoms with Crippen molar-refractivity contribution in [2.45, 2.75) is 52.1 Å². The third kappa shape index (κ3) is 2.83. The van der Waals surface area contributed by atoms with E-state index in [2.05, 4.69) is 0 Å². The number of hydrogen-bond acceptors (Lipinski definition) is 2. The number of aromatic nitrogens is 1. The number of Topliss-reactive ketones (excluding diaryl/α,β-unsaturated/α-hetero) is 1. The van der Waals surface area contributed by atoms with Crippen LogP contribution in [-0.4, -0.2) is 23.1 Å². The molecule has 0 amide bonds. The van der Waals surface area contributed by atoms with Gasteiger partial charge >= 0.3 is 0 Å². The molecular weight excluding hydrogens is 226 g/mol. The van der Waals surface area contributed by atoms with Gasteiger partial charge in [0.2, 0.25) is 0 Å². The van der Waals surface area contributed by atoms with Crippen LogP contribution in [0.2, 0.25) is 0 Å². The molecule has 1 heterocycles. The van der Waals surface area contributed by atoms with Gasteiger partial charge in [0.05, 0.1) is 6.10 Å². The van der Waals surface area contributed by atoms with E-state index in [0.29, 0.717) is 6.10 Å². The first-order chi connectivity index (χ1) is 8.59. The van der Waals surface area contributed by atoms with Crippen LogP contribution in [0.25, 0.3) is 0 Å². The van der Waals surface area contributed by atoms with Crippen LogP contribution in [0, 0.1) is 13.8 Å². The lowest BCUT2D eigenvalue weighted by atomic mass is 9.98. The molecule has 0 bridgehead atoms. The molecule has 18 heavy (non-hydrogen) atoms. The molecule has 1 saturated carbocycles. The standard InChI is InChI=1S/C15H23NO2/c1-11-9-14(12(2)16(11)3)15(17)10-18-13-7-5-4-6-8-13/h9,13H,4-8,10H2,1-3H3. The van der Waals surface area contributed by atoms with Crippen molar-refractivity contribution >= 4 is 5.78 Å². The fourth-order valence-electron chi connectivity index (χ4n) is 2.64. The van der Waals surface area contributed by atoms with E-state index in [0.717, 1.165) is 29.8 Å². The number of carbonyl (C=O) groups is 1. The highest BCUT2D eigenvalue weighted by Gasteiger charge is 2.18. The third-order valence-electron chi connectivity index (χ3n) is 4.08. The van der Waals surface area contributed by atoms with Gasteiger partial charge in [0.25, 0.3) is 0 Å². The number of aryl methyl sites for hydroxylation is 1. The minimum atomic E-state index is 0.113. The van der Waals surface area contributed by atoms with Crippen LogP contribution in [0.15, 0.2) is 6.07 Å². The van der Waals surface area contributed by atoms with Crippen molar-refractivity contribution in [3.63, 3.8) is 0 Å². The molecule has 1 aromatic heterocycles. The van der Waals surface area contributed by atoms with E-state index in [1.807, 2.05) is 31.5 Å². The maximum atomic E-state index is 12.1. The molecule has 2 rings (SSSR count). The first kappa shape index (κ1) is 13.3. The lowest BCUT2D eigenvalue weighted by molar-refractivity contribution is 0.0284. The van der Waals surface area contributed by atoms with E-state index in [-0.39, 0.29) is 12.4 Å². The lowest BCUT2D eigenvalue weighted by Gasteiger charge is -2.21. The van der Waals surface area contributed by atoms with Gasteiger partial charge in [0, 0.05) is 24.0 Å². The van der Waals surface area contributed by atoms with Crippen molar-refractivity contribution in [2.24, 2.45) is 7.05 Å². The normalized spacial score (nSPS) is 17.1. The third-order valence-corrected chi connectivity index (χ3v) is 4.08. The monoisotopic (exact) mass is 249 g/mol. The highest BCUT2D eigenvalue weighted by molar-refractivity contribution is 5.98. The topological polar surface area (TPSA) is 31.2 Å². The van der Waals surface area contributed by atoms with Gasteiger partial charge in [0.15, 0.2) is 5.78 Å². The minimum Gasteiger partial charge on any atom is -0.370 e. The molecule has 0 atom stereocenters. The second-order valence-corrected chi connectivity index (χ2v) is 5.34. The fourth-order valence-corrected chi connectivity index (χ4v) is 2.64. The van der Waals surface area contributed by atoms with Crippen LogP contribution < -0.4 is 0 Å². The van der Waals surface area contributed by atoms with Gasteiger partial charge in [-0.25, -0.2) is 0 Å². The van der Waals surface area contributed by atoms with Gasteiger partial charge in [-0.15, -0.1) is 0 Å². The van der Waals surface area contributed by atoms with Gasteiger partial charge < -0.3 is 9.30 Å². The molecule has 100 valence electrons. The number of rotatable bonds is 4. The number of nitrogens with zero attached hydrogens (tertiary/aromatic N) is 1. The summed E-state index contributed by atoms with van der Waals surface area (Å²) in [4.78, 5) is 12.1. The van der Waals surface area contributed by atoms with Crippen molar-refractivity contribution < 1.29 is 9.53 Å². The smallest absolute Gasteiger partial charge is 0.190 e. The molecule has 0 aliphatic heterocycles. The fraction of sp³-hybridized carbons (Fsp3) is 0.667. The molecule has 0 radical (unpaired) electrons. The van der Waals surface area contributed by atoms with Crippen LogP contribution in [0.5, 0.6) is 0 Å². The van der Waals surface area contributed by atoms with Crippen molar-refractivity contribution in [3.8, 4) is 0 Å². The second-order valence-electron chi connectivity index (χ2n) is 5.34. The molecule has 0 spiro atoms. The molecule has 0 unspecified atom stereocenters. The molecule has 0 aromatic carbocycles. The predicted octanol–water partition coefficient (Wildman–Crippen LogP) is 3.17. The Morgan fingerprint density at radius 2 is 2.00 bits per heavy atom. The predicted molar refractivity (Wildman–Crippen MR) is 72.0 cm³/mol. The number of hydrogen-bond donors (Lipinski definition) is 0. The largest absolute Gasteiger partial charge is 0.370 e. The van der Waals surface area contributed by atoms with Gasteiger partial charge in [-0.1, -0.05) is 19.3 Å². The molecule has 0 N–H and O–H groups in total. The van der Waals surface area contributed by atoms with Crippen LogP contribution in [0.4, 0.5) is 0 Å². The zero-order valence-electron chi connectivity index (χ0n) is 11.7. The van der Waals surface area contributed by atoms with Crippen molar-refractivity contribution in [2.75, 3.05) is 6.61 Å². The summed E-state index contributed by atoms with van der Waals surface area (Å²) < 4.78 is 7.79. The summed E-state index contributed by atoms with van der Waals surface area (Å²) in [6, 6.07) is 1.96. The number of ketones is 1. The van der Waals surface area contributed by atoms with Gasteiger partial charge in [-0.2, -0.15) is 0 Å². The average molecular weight is 249 g/mol. The maximum Gasteiger partial charge on any atom is 0.190 e. The van der Waals surface area contributed by atoms with Crippen molar-refractivity contribution in [1.82, 2.24) is 4.57 Å². The lowest BCUT2D eigenvalue weighted by Crippen LogP contribution is -2.21. The van der Waals surface area contributed by atoms with Crippen molar-refractivity contribution in [1.29, 1.82) is 0 Å². The van der Waals surface area contributed by atoms with Gasteiger partial charge in [0.1, 0.15) is 6.61 Å². The quantitative estimate of drug-likeness (QED) is 0.767. The molecule has 1 aliphatic rings. The molecule has 3 heteroatoms. The maximum absolute atomic E-state index is 12.1. The second kappa shape index (κ2) is 5.70. The Labute approximate surface area is 109 Å². The van der Waals surface area contributed by atoms with E-state index < -0.39 is 0 Å². The first-order valence-corrected chi connectivity index (χ1v) is 6.87. The van der Waals surface area contributed by atoms with Crippen LogP contribution in [0.1, 0.15) is 53.8 Å². The molecule has 3 nitrogen and oxygen atoms in total. The molecule has 1 aliphatic carbocycles. The summed E-state index contributed by atoms with van der Waals surface area (Å²) in [6.07, 6.45) is 6.31.